The zero-order valence-electron chi connectivity index (χ0n) is 9.64. The Morgan fingerprint density at radius 2 is 2.00 bits per heavy atom. The van der Waals surface area contributed by atoms with Gasteiger partial charge in [0.1, 0.15) is 5.54 Å². The molecule has 0 radical (unpaired) electrons. The highest BCUT2D eigenvalue weighted by Gasteiger charge is 2.33. The number of rotatable bonds is 3. The first-order chi connectivity index (χ1) is 6.58. The zero-order valence-corrected chi connectivity index (χ0v) is 9.64. The van der Waals surface area contributed by atoms with Gasteiger partial charge in [0.05, 0.1) is 6.07 Å². The highest BCUT2D eigenvalue weighted by Crippen LogP contribution is 2.31. The Kier molecular flexibility index (Phi) is 3.95. The summed E-state index contributed by atoms with van der Waals surface area (Å²) >= 11 is 0. The molecule has 1 aliphatic rings. The molecule has 0 heterocycles. The van der Waals surface area contributed by atoms with Gasteiger partial charge in [0.2, 0.25) is 0 Å². The van der Waals surface area contributed by atoms with E-state index in [2.05, 4.69) is 32.2 Å². The molecule has 2 nitrogen and oxygen atoms in total. The van der Waals surface area contributed by atoms with Gasteiger partial charge in [-0.3, -0.25) is 5.32 Å². The highest BCUT2D eigenvalue weighted by molar-refractivity contribution is 5.08. The van der Waals surface area contributed by atoms with Gasteiger partial charge in [0, 0.05) is 0 Å². The van der Waals surface area contributed by atoms with Crippen LogP contribution >= 0.6 is 0 Å². The largest absolute Gasteiger partial charge is 0.299 e. The van der Waals surface area contributed by atoms with E-state index in [0.29, 0.717) is 5.92 Å². The Morgan fingerprint density at radius 1 is 1.43 bits per heavy atom. The lowest BCUT2D eigenvalue weighted by atomic mass is 9.78. The second-order valence-electron chi connectivity index (χ2n) is 5.15. The minimum atomic E-state index is -0.212. The van der Waals surface area contributed by atoms with E-state index < -0.39 is 0 Å². The Balaban J connectivity index is 2.47. The number of nitriles is 1. The average molecular weight is 194 g/mol. The van der Waals surface area contributed by atoms with Crippen molar-refractivity contribution in [1.29, 1.82) is 5.26 Å². The first-order valence-electron chi connectivity index (χ1n) is 5.74. The Labute approximate surface area is 87.7 Å². The lowest BCUT2D eigenvalue weighted by molar-refractivity contribution is 0.242. The summed E-state index contributed by atoms with van der Waals surface area (Å²) in [6.45, 7) is 7.61. The first-order valence-corrected chi connectivity index (χ1v) is 5.74. The first kappa shape index (κ1) is 11.5. The SMILES string of the molecule is CC(C)CNC1(C#N)CCC(C)CC1. The maximum atomic E-state index is 9.23. The van der Waals surface area contributed by atoms with Crippen molar-refractivity contribution in [3.8, 4) is 6.07 Å². The average Bonchev–Trinajstić information content (AvgIpc) is 2.18. The Hall–Kier alpha value is -0.550. The Bertz CT molecular complexity index is 207. The molecule has 14 heavy (non-hydrogen) atoms. The van der Waals surface area contributed by atoms with E-state index in [1.54, 1.807) is 0 Å². The van der Waals surface area contributed by atoms with Crippen molar-refractivity contribution in [1.82, 2.24) is 5.32 Å². The minimum Gasteiger partial charge on any atom is -0.299 e. The van der Waals surface area contributed by atoms with Crippen molar-refractivity contribution >= 4 is 0 Å². The molecule has 0 aromatic rings. The van der Waals surface area contributed by atoms with Gasteiger partial charge >= 0.3 is 0 Å². The highest BCUT2D eigenvalue weighted by atomic mass is 15.0. The van der Waals surface area contributed by atoms with E-state index in [1.807, 2.05) is 0 Å². The second-order valence-corrected chi connectivity index (χ2v) is 5.15. The third-order valence-corrected chi connectivity index (χ3v) is 3.19. The monoisotopic (exact) mass is 194 g/mol. The summed E-state index contributed by atoms with van der Waals surface area (Å²) in [7, 11) is 0. The van der Waals surface area contributed by atoms with Gasteiger partial charge in [-0.2, -0.15) is 5.26 Å². The van der Waals surface area contributed by atoms with Gasteiger partial charge in [0.15, 0.2) is 0 Å². The molecule has 0 aromatic carbocycles. The molecule has 0 aromatic heterocycles. The van der Waals surface area contributed by atoms with Gasteiger partial charge in [-0.05, 0) is 44.1 Å². The summed E-state index contributed by atoms with van der Waals surface area (Å²) in [5.41, 5.74) is -0.212. The van der Waals surface area contributed by atoms with Gasteiger partial charge in [-0.15, -0.1) is 0 Å². The van der Waals surface area contributed by atoms with Crippen molar-refractivity contribution in [2.45, 2.75) is 52.0 Å². The minimum absolute atomic E-state index is 0.212. The summed E-state index contributed by atoms with van der Waals surface area (Å²) in [5.74, 6) is 1.43. The summed E-state index contributed by atoms with van der Waals surface area (Å²) in [4.78, 5) is 0. The van der Waals surface area contributed by atoms with Gasteiger partial charge in [-0.1, -0.05) is 20.8 Å². The fourth-order valence-corrected chi connectivity index (χ4v) is 1.98. The molecule has 0 spiro atoms. The smallest absolute Gasteiger partial charge is 0.106 e. The molecule has 1 rings (SSSR count). The summed E-state index contributed by atoms with van der Waals surface area (Å²) < 4.78 is 0. The molecule has 1 N–H and O–H groups in total. The van der Waals surface area contributed by atoms with Gasteiger partial charge in [0.25, 0.3) is 0 Å². The number of hydrogen-bond donors (Lipinski definition) is 1. The van der Waals surface area contributed by atoms with Crippen molar-refractivity contribution < 1.29 is 0 Å². The van der Waals surface area contributed by atoms with E-state index in [-0.39, 0.29) is 5.54 Å². The quantitative estimate of drug-likeness (QED) is 0.750. The zero-order chi connectivity index (χ0) is 10.6. The van der Waals surface area contributed by atoms with Gasteiger partial charge in [-0.25, -0.2) is 0 Å². The molecule has 1 aliphatic carbocycles. The second kappa shape index (κ2) is 4.79. The van der Waals surface area contributed by atoms with Crippen LogP contribution in [0.4, 0.5) is 0 Å². The number of nitrogens with zero attached hydrogens (tertiary/aromatic N) is 1. The molecule has 0 bridgehead atoms. The van der Waals surface area contributed by atoms with Crippen LogP contribution in [0.5, 0.6) is 0 Å². The lowest BCUT2D eigenvalue weighted by Crippen LogP contribution is -2.47. The predicted octanol–water partition coefficient (Wildman–Crippen LogP) is 2.70. The standard InChI is InChI=1S/C12H22N2/c1-10(2)8-14-12(9-13)6-4-11(3)5-7-12/h10-11,14H,4-8H2,1-3H3. The fourth-order valence-electron chi connectivity index (χ4n) is 1.98. The number of hydrogen-bond acceptors (Lipinski definition) is 2. The van der Waals surface area contributed by atoms with Crippen molar-refractivity contribution in [3.63, 3.8) is 0 Å². The molecule has 1 fully saturated rings. The molecule has 0 amide bonds. The molecule has 1 saturated carbocycles. The van der Waals surface area contributed by atoms with Gasteiger partial charge < -0.3 is 0 Å². The van der Waals surface area contributed by atoms with Crippen LogP contribution in [0.1, 0.15) is 46.5 Å². The normalized spacial score (nSPS) is 32.9. The molecular weight excluding hydrogens is 172 g/mol. The van der Waals surface area contributed by atoms with E-state index in [9.17, 15) is 5.26 Å². The summed E-state index contributed by atoms with van der Waals surface area (Å²) in [5, 5.41) is 12.7. The van der Waals surface area contributed by atoms with Crippen LogP contribution in [-0.2, 0) is 0 Å². The topological polar surface area (TPSA) is 35.8 Å². The fraction of sp³-hybridized carbons (Fsp3) is 0.917. The van der Waals surface area contributed by atoms with Crippen LogP contribution in [-0.4, -0.2) is 12.1 Å². The molecule has 80 valence electrons. The van der Waals surface area contributed by atoms with E-state index in [4.69, 9.17) is 0 Å². The molecule has 0 saturated heterocycles. The third-order valence-electron chi connectivity index (χ3n) is 3.19. The molecular formula is C12H22N2. The molecule has 0 aliphatic heterocycles. The molecule has 2 heteroatoms. The Morgan fingerprint density at radius 3 is 2.43 bits per heavy atom. The van der Waals surface area contributed by atoms with Crippen LogP contribution < -0.4 is 5.32 Å². The van der Waals surface area contributed by atoms with Crippen molar-refractivity contribution in [2.24, 2.45) is 11.8 Å². The number of nitrogens with one attached hydrogen (secondary N) is 1. The van der Waals surface area contributed by atoms with E-state index >= 15 is 0 Å². The van der Waals surface area contributed by atoms with E-state index in [1.165, 1.54) is 12.8 Å². The van der Waals surface area contributed by atoms with E-state index in [0.717, 1.165) is 25.3 Å². The lowest BCUT2D eigenvalue weighted by Gasteiger charge is -2.35. The predicted molar refractivity (Wildman–Crippen MR) is 58.8 cm³/mol. The maximum Gasteiger partial charge on any atom is 0.106 e. The van der Waals surface area contributed by atoms with Crippen LogP contribution in [0, 0.1) is 23.2 Å². The summed E-state index contributed by atoms with van der Waals surface area (Å²) in [6, 6.07) is 2.48. The van der Waals surface area contributed by atoms with Crippen molar-refractivity contribution in [3.05, 3.63) is 0 Å². The van der Waals surface area contributed by atoms with Crippen LogP contribution in [0.2, 0.25) is 0 Å². The van der Waals surface area contributed by atoms with Crippen molar-refractivity contribution in [2.75, 3.05) is 6.54 Å². The van der Waals surface area contributed by atoms with Crippen LogP contribution in [0.15, 0.2) is 0 Å². The summed E-state index contributed by atoms with van der Waals surface area (Å²) in [6.07, 6.45) is 4.44. The molecule has 0 atom stereocenters. The maximum absolute atomic E-state index is 9.23. The van der Waals surface area contributed by atoms with Crippen LogP contribution in [0.3, 0.4) is 0 Å². The molecule has 0 unspecified atom stereocenters. The third kappa shape index (κ3) is 2.99. The van der Waals surface area contributed by atoms with Crippen LogP contribution in [0.25, 0.3) is 0 Å².